The summed E-state index contributed by atoms with van der Waals surface area (Å²) in [4.78, 5) is 17.8. The molecule has 0 radical (unpaired) electrons. The van der Waals surface area contributed by atoms with Crippen molar-refractivity contribution in [3.63, 3.8) is 0 Å². The van der Waals surface area contributed by atoms with Gasteiger partial charge in [-0.1, -0.05) is 19.9 Å². The second kappa shape index (κ2) is 3.65. The summed E-state index contributed by atoms with van der Waals surface area (Å²) >= 11 is 0. The molecular formula is C12H16N2O. The zero-order chi connectivity index (χ0) is 11.0. The van der Waals surface area contributed by atoms with Gasteiger partial charge in [-0.05, 0) is 18.4 Å². The molecule has 1 amide bonds. The van der Waals surface area contributed by atoms with Crippen LogP contribution in [0.3, 0.4) is 0 Å². The van der Waals surface area contributed by atoms with Crippen molar-refractivity contribution < 1.29 is 4.79 Å². The van der Waals surface area contributed by atoms with Gasteiger partial charge < -0.3 is 4.90 Å². The minimum atomic E-state index is 0.0515. The Hall–Kier alpha value is -1.38. The van der Waals surface area contributed by atoms with Gasteiger partial charge in [0.1, 0.15) is 5.69 Å². The number of hydrogen-bond acceptors (Lipinski definition) is 2. The second-order valence-corrected chi connectivity index (χ2v) is 4.57. The monoisotopic (exact) mass is 204 g/mol. The summed E-state index contributed by atoms with van der Waals surface area (Å²) in [5, 5.41) is 0. The van der Waals surface area contributed by atoms with Crippen LogP contribution in [0.25, 0.3) is 0 Å². The minimum Gasteiger partial charge on any atom is -0.336 e. The van der Waals surface area contributed by atoms with Gasteiger partial charge in [0.25, 0.3) is 5.91 Å². The molecule has 1 aromatic rings. The molecule has 2 rings (SSSR count). The molecule has 0 N–H and O–H groups in total. The molecule has 1 aliphatic heterocycles. The van der Waals surface area contributed by atoms with E-state index in [0.717, 1.165) is 17.7 Å². The Labute approximate surface area is 90.1 Å². The lowest BCUT2D eigenvalue weighted by Crippen LogP contribution is -2.18. The van der Waals surface area contributed by atoms with E-state index in [0.29, 0.717) is 18.2 Å². The standard InChI is InChI=1S/C12H16N2O/c1-8(2)6-10-5-4-9-7-14(3)12(15)11(9)13-10/h4-5,8H,6-7H2,1-3H3. The first-order chi connectivity index (χ1) is 7.08. The van der Waals surface area contributed by atoms with Crippen LogP contribution in [-0.2, 0) is 13.0 Å². The molecule has 0 aliphatic carbocycles. The molecule has 1 aromatic heterocycles. The second-order valence-electron chi connectivity index (χ2n) is 4.57. The van der Waals surface area contributed by atoms with E-state index >= 15 is 0 Å². The summed E-state index contributed by atoms with van der Waals surface area (Å²) in [6.07, 6.45) is 0.935. The van der Waals surface area contributed by atoms with Gasteiger partial charge in [0, 0.05) is 24.8 Å². The van der Waals surface area contributed by atoms with E-state index in [1.165, 1.54) is 0 Å². The number of carbonyl (C=O) groups excluding carboxylic acids is 1. The van der Waals surface area contributed by atoms with E-state index in [1.54, 1.807) is 4.90 Å². The number of amides is 1. The zero-order valence-electron chi connectivity index (χ0n) is 9.45. The normalized spacial score (nSPS) is 14.9. The third-order valence-electron chi connectivity index (χ3n) is 2.61. The third-order valence-corrected chi connectivity index (χ3v) is 2.61. The van der Waals surface area contributed by atoms with Gasteiger partial charge in [-0.2, -0.15) is 0 Å². The van der Waals surface area contributed by atoms with Gasteiger partial charge in [-0.15, -0.1) is 0 Å². The van der Waals surface area contributed by atoms with Crippen LogP contribution in [0.5, 0.6) is 0 Å². The van der Waals surface area contributed by atoms with E-state index in [4.69, 9.17) is 0 Å². The SMILES string of the molecule is CC(C)Cc1ccc2c(n1)C(=O)N(C)C2. The minimum absolute atomic E-state index is 0.0515. The van der Waals surface area contributed by atoms with E-state index in [-0.39, 0.29) is 5.91 Å². The topological polar surface area (TPSA) is 33.2 Å². The van der Waals surface area contributed by atoms with E-state index in [1.807, 2.05) is 19.2 Å². The molecule has 0 unspecified atom stereocenters. The molecule has 2 heterocycles. The molecule has 0 saturated heterocycles. The quantitative estimate of drug-likeness (QED) is 0.736. The smallest absolute Gasteiger partial charge is 0.272 e. The molecule has 0 bridgehead atoms. The average molecular weight is 204 g/mol. The third kappa shape index (κ3) is 1.87. The molecule has 80 valence electrons. The largest absolute Gasteiger partial charge is 0.336 e. The Morgan fingerprint density at radius 3 is 2.87 bits per heavy atom. The highest BCUT2D eigenvalue weighted by Gasteiger charge is 2.25. The Morgan fingerprint density at radius 2 is 2.20 bits per heavy atom. The van der Waals surface area contributed by atoms with Crippen molar-refractivity contribution >= 4 is 5.91 Å². The average Bonchev–Trinajstić information content (AvgIpc) is 2.43. The summed E-state index contributed by atoms with van der Waals surface area (Å²) in [6, 6.07) is 4.06. The number of hydrogen-bond donors (Lipinski definition) is 0. The van der Waals surface area contributed by atoms with E-state index < -0.39 is 0 Å². The summed E-state index contributed by atoms with van der Waals surface area (Å²) in [5.74, 6) is 0.625. The summed E-state index contributed by atoms with van der Waals surface area (Å²) < 4.78 is 0. The number of fused-ring (bicyclic) bond motifs is 1. The maximum Gasteiger partial charge on any atom is 0.272 e. The van der Waals surface area contributed by atoms with Gasteiger partial charge in [0.05, 0.1) is 0 Å². The molecule has 0 spiro atoms. The predicted octanol–water partition coefficient (Wildman–Crippen LogP) is 1.87. The Balaban J connectivity index is 2.31. The predicted molar refractivity (Wildman–Crippen MR) is 58.6 cm³/mol. The summed E-state index contributed by atoms with van der Waals surface area (Å²) in [6.45, 7) is 5.01. The van der Waals surface area contributed by atoms with Crippen LogP contribution in [0.15, 0.2) is 12.1 Å². The highest BCUT2D eigenvalue weighted by Crippen LogP contribution is 2.20. The Kier molecular flexibility index (Phi) is 2.47. The molecule has 3 heteroatoms. The van der Waals surface area contributed by atoms with Crippen molar-refractivity contribution in [2.45, 2.75) is 26.8 Å². The van der Waals surface area contributed by atoms with Crippen molar-refractivity contribution in [1.82, 2.24) is 9.88 Å². The molecule has 0 aromatic carbocycles. The van der Waals surface area contributed by atoms with Crippen LogP contribution in [-0.4, -0.2) is 22.8 Å². The Morgan fingerprint density at radius 1 is 1.47 bits per heavy atom. The number of carbonyl (C=O) groups is 1. The summed E-state index contributed by atoms with van der Waals surface area (Å²) in [7, 11) is 1.81. The zero-order valence-corrected chi connectivity index (χ0v) is 9.45. The first-order valence-corrected chi connectivity index (χ1v) is 5.32. The number of nitrogens with zero attached hydrogens (tertiary/aromatic N) is 2. The van der Waals surface area contributed by atoms with Crippen LogP contribution >= 0.6 is 0 Å². The van der Waals surface area contributed by atoms with Gasteiger partial charge >= 0.3 is 0 Å². The molecule has 3 nitrogen and oxygen atoms in total. The molecule has 0 saturated carbocycles. The lowest BCUT2D eigenvalue weighted by Gasteiger charge is -2.05. The summed E-state index contributed by atoms with van der Waals surface area (Å²) in [5.41, 5.74) is 2.72. The molecular weight excluding hydrogens is 188 g/mol. The molecule has 15 heavy (non-hydrogen) atoms. The molecule has 0 atom stereocenters. The van der Waals surface area contributed by atoms with Crippen molar-refractivity contribution in [1.29, 1.82) is 0 Å². The van der Waals surface area contributed by atoms with Crippen LogP contribution in [0.1, 0.15) is 35.6 Å². The van der Waals surface area contributed by atoms with Crippen molar-refractivity contribution in [2.24, 2.45) is 5.92 Å². The molecule has 0 fully saturated rings. The lowest BCUT2D eigenvalue weighted by atomic mass is 10.1. The van der Waals surface area contributed by atoms with Crippen LogP contribution in [0, 0.1) is 5.92 Å². The lowest BCUT2D eigenvalue weighted by molar-refractivity contribution is 0.0812. The van der Waals surface area contributed by atoms with Crippen molar-refractivity contribution in [3.05, 3.63) is 29.1 Å². The maximum absolute atomic E-state index is 11.7. The number of aromatic nitrogens is 1. The van der Waals surface area contributed by atoms with Crippen LogP contribution < -0.4 is 0 Å². The van der Waals surface area contributed by atoms with Gasteiger partial charge in [-0.25, -0.2) is 4.98 Å². The highest BCUT2D eigenvalue weighted by molar-refractivity contribution is 5.96. The van der Waals surface area contributed by atoms with Gasteiger partial charge in [0.2, 0.25) is 0 Å². The van der Waals surface area contributed by atoms with Crippen molar-refractivity contribution in [3.8, 4) is 0 Å². The first-order valence-electron chi connectivity index (χ1n) is 5.32. The molecule has 1 aliphatic rings. The number of rotatable bonds is 2. The fourth-order valence-electron chi connectivity index (χ4n) is 1.88. The fraction of sp³-hybridized carbons (Fsp3) is 0.500. The van der Waals surface area contributed by atoms with E-state index in [9.17, 15) is 4.79 Å². The van der Waals surface area contributed by atoms with Crippen LogP contribution in [0.2, 0.25) is 0 Å². The van der Waals surface area contributed by atoms with Gasteiger partial charge in [0.15, 0.2) is 0 Å². The Bertz CT molecular complexity index is 399. The van der Waals surface area contributed by atoms with Gasteiger partial charge in [-0.3, -0.25) is 4.79 Å². The highest BCUT2D eigenvalue weighted by atomic mass is 16.2. The first kappa shape index (κ1) is 10.1. The van der Waals surface area contributed by atoms with E-state index in [2.05, 4.69) is 18.8 Å². The maximum atomic E-state index is 11.7. The fourth-order valence-corrected chi connectivity index (χ4v) is 1.88. The number of pyridine rings is 1. The van der Waals surface area contributed by atoms with Crippen molar-refractivity contribution in [2.75, 3.05) is 7.05 Å². The van der Waals surface area contributed by atoms with Crippen LogP contribution in [0.4, 0.5) is 0 Å².